The molecule has 0 aromatic rings. The maximum absolute atomic E-state index is 8.77. The van der Waals surface area contributed by atoms with Crippen LogP contribution in [0.5, 0.6) is 0 Å². The molecule has 0 aromatic carbocycles. The van der Waals surface area contributed by atoms with Gasteiger partial charge in [-0.25, -0.2) is 0 Å². The van der Waals surface area contributed by atoms with Crippen molar-refractivity contribution in [3.8, 4) is 0 Å². The predicted molar refractivity (Wildman–Crippen MR) is 162 cm³/mol. The molecule has 0 saturated heterocycles. The van der Waals surface area contributed by atoms with Crippen molar-refractivity contribution >= 4 is 0 Å². The van der Waals surface area contributed by atoms with Crippen molar-refractivity contribution < 1.29 is 9.84 Å². The molecule has 0 rings (SSSR count). The summed E-state index contributed by atoms with van der Waals surface area (Å²) in [5.41, 5.74) is 0. The van der Waals surface area contributed by atoms with Gasteiger partial charge in [0.2, 0.25) is 0 Å². The van der Waals surface area contributed by atoms with Gasteiger partial charge in [-0.15, -0.1) is 0 Å². The van der Waals surface area contributed by atoms with Gasteiger partial charge in [0, 0.05) is 19.8 Å². The molecule has 0 aliphatic rings. The maximum Gasteiger partial charge on any atom is 0.0466 e. The van der Waals surface area contributed by atoms with Crippen molar-refractivity contribution in [1.82, 2.24) is 0 Å². The average molecular weight is 511 g/mol. The number of rotatable bonds is 33. The number of hydrogen-bond donors (Lipinski definition) is 1. The lowest BCUT2D eigenvalue weighted by Gasteiger charge is -2.05. The van der Waals surface area contributed by atoms with Crippen LogP contribution in [-0.2, 0) is 4.74 Å². The third-order valence-electron chi connectivity index (χ3n) is 7.84. The molecule has 0 aliphatic heterocycles. The molecular weight excluding hydrogens is 440 g/mol. The Morgan fingerprint density at radius 3 is 0.778 bits per heavy atom. The summed E-state index contributed by atoms with van der Waals surface area (Å²) < 4.78 is 5.85. The van der Waals surface area contributed by atoms with Gasteiger partial charge >= 0.3 is 0 Å². The van der Waals surface area contributed by atoms with E-state index in [0.29, 0.717) is 6.61 Å². The van der Waals surface area contributed by atoms with E-state index in [9.17, 15) is 0 Å². The monoisotopic (exact) mass is 511 g/mol. The second-order valence-electron chi connectivity index (χ2n) is 11.6. The van der Waals surface area contributed by atoms with Gasteiger partial charge in [0.15, 0.2) is 0 Å². The Hall–Kier alpha value is -0.0800. The fourth-order valence-corrected chi connectivity index (χ4v) is 5.29. The van der Waals surface area contributed by atoms with Gasteiger partial charge in [-0.1, -0.05) is 180 Å². The normalized spacial score (nSPS) is 11.5. The average Bonchev–Trinajstić information content (AvgIpc) is 2.89. The standard InChI is InChI=1S/C34H70O2/c1-2-3-4-5-6-7-8-9-15-18-21-24-27-30-33-36-34-31-28-25-22-19-16-13-11-10-12-14-17-20-23-26-29-32-35/h35H,2-34H2,1H3. The summed E-state index contributed by atoms with van der Waals surface area (Å²) in [5, 5.41) is 8.77. The van der Waals surface area contributed by atoms with E-state index >= 15 is 0 Å². The van der Waals surface area contributed by atoms with Crippen LogP contribution in [0.25, 0.3) is 0 Å². The Kier molecular flexibility index (Phi) is 34.8. The van der Waals surface area contributed by atoms with Gasteiger partial charge in [-0.3, -0.25) is 0 Å². The topological polar surface area (TPSA) is 29.5 Å². The van der Waals surface area contributed by atoms with Gasteiger partial charge in [-0.2, -0.15) is 0 Å². The Bertz CT molecular complexity index is 323. The molecule has 0 unspecified atom stereocenters. The second kappa shape index (κ2) is 34.9. The van der Waals surface area contributed by atoms with Crippen molar-refractivity contribution in [3.63, 3.8) is 0 Å². The van der Waals surface area contributed by atoms with E-state index in [0.717, 1.165) is 19.6 Å². The van der Waals surface area contributed by atoms with Crippen molar-refractivity contribution in [2.24, 2.45) is 0 Å². The molecule has 0 heterocycles. The van der Waals surface area contributed by atoms with Crippen LogP contribution in [0.3, 0.4) is 0 Å². The molecule has 0 aromatic heterocycles. The highest BCUT2D eigenvalue weighted by atomic mass is 16.5. The summed E-state index contributed by atoms with van der Waals surface area (Å²) >= 11 is 0. The van der Waals surface area contributed by atoms with Crippen LogP contribution in [0.2, 0.25) is 0 Å². The number of unbranched alkanes of at least 4 members (excludes halogenated alkanes) is 28. The Balaban J connectivity index is 3.00. The minimum atomic E-state index is 0.369. The number of hydrogen-bond acceptors (Lipinski definition) is 2. The Morgan fingerprint density at radius 2 is 0.528 bits per heavy atom. The maximum atomic E-state index is 8.77. The number of aliphatic hydroxyl groups is 1. The summed E-state index contributed by atoms with van der Waals surface area (Å²) in [6, 6.07) is 0. The highest BCUT2D eigenvalue weighted by molar-refractivity contribution is 4.51. The summed E-state index contributed by atoms with van der Waals surface area (Å²) in [6.07, 6.45) is 41.7. The molecular formula is C34H70O2. The lowest BCUT2D eigenvalue weighted by atomic mass is 10.0. The summed E-state index contributed by atoms with van der Waals surface area (Å²) in [7, 11) is 0. The van der Waals surface area contributed by atoms with Crippen molar-refractivity contribution in [2.75, 3.05) is 19.8 Å². The molecule has 0 bridgehead atoms. The van der Waals surface area contributed by atoms with E-state index in [-0.39, 0.29) is 0 Å². The fourth-order valence-electron chi connectivity index (χ4n) is 5.29. The molecule has 0 saturated carbocycles. The van der Waals surface area contributed by atoms with Crippen LogP contribution in [0.15, 0.2) is 0 Å². The first-order valence-corrected chi connectivity index (χ1v) is 17.1. The Labute approximate surface area is 229 Å². The van der Waals surface area contributed by atoms with Crippen LogP contribution in [0, 0.1) is 0 Å². The molecule has 2 nitrogen and oxygen atoms in total. The van der Waals surface area contributed by atoms with Gasteiger partial charge in [0.25, 0.3) is 0 Å². The van der Waals surface area contributed by atoms with Crippen LogP contribution >= 0.6 is 0 Å². The Morgan fingerprint density at radius 1 is 0.306 bits per heavy atom. The SMILES string of the molecule is CCCCCCCCCCCCCCCCOCCCCCCCCCCCCCCCCCCO. The third kappa shape index (κ3) is 33.9. The molecule has 0 amide bonds. The van der Waals surface area contributed by atoms with Crippen LogP contribution in [0.1, 0.15) is 200 Å². The zero-order valence-corrected chi connectivity index (χ0v) is 25.2. The lowest BCUT2D eigenvalue weighted by Crippen LogP contribution is -1.97. The molecule has 0 spiro atoms. The van der Waals surface area contributed by atoms with Crippen LogP contribution in [-0.4, -0.2) is 24.9 Å². The second-order valence-corrected chi connectivity index (χ2v) is 11.6. The van der Waals surface area contributed by atoms with Gasteiger partial charge in [-0.05, 0) is 19.3 Å². The molecule has 218 valence electrons. The van der Waals surface area contributed by atoms with E-state index in [4.69, 9.17) is 9.84 Å². The van der Waals surface area contributed by atoms with E-state index in [1.54, 1.807) is 0 Å². The zero-order valence-electron chi connectivity index (χ0n) is 25.2. The predicted octanol–water partition coefficient (Wildman–Crippen LogP) is 11.7. The lowest BCUT2D eigenvalue weighted by molar-refractivity contribution is 0.125. The van der Waals surface area contributed by atoms with E-state index in [1.165, 1.54) is 186 Å². The zero-order chi connectivity index (χ0) is 26.0. The highest BCUT2D eigenvalue weighted by Crippen LogP contribution is 2.15. The largest absolute Gasteiger partial charge is 0.396 e. The highest BCUT2D eigenvalue weighted by Gasteiger charge is 1.97. The summed E-state index contributed by atoms with van der Waals surface area (Å²) in [6.45, 7) is 4.64. The minimum Gasteiger partial charge on any atom is -0.396 e. The molecule has 1 N–H and O–H groups in total. The fraction of sp³-hybridized carbons (Fsp3) is 1.00. The van der Waals surface area contributed by atoms with Crippen LogP contribution in [0.4, 0.5) is 0 Å². The van der Waals surface area contributed by atoms with E-state index in [2.05, 4.69) is 6.92 Å². The third-order valence-corrected chi connectivity index (χ3v) is 7.84. The first-order chi connectivity index (χ1) is 17.9. The number of ether oxygens (including phenoxy) is 1. The molecule has 2 heteroatoms. The minimum absolute atomic E-state index is 0.369. The molecule has 0 atom stereocenters. The quantitative estimate of drug-likeness (QED) is 0.0889. The van der Waals surface area contributed by atoms with Gasteiger partial charge < -0.3 is 9.84 Å². The van der Waals surface area contributed by atoms with Gasteiger partial charge in [0.05, 0.1) is 0 Å². The molecule has 0 fully saturated rings. The van der Waals surface area contributed by atoms with E-state index in [1.807, 2.05) is 0 Å². The van der Waals surface area contributed by atoms with Crippen LogP contribution < -0.4 is 0 Å². The van der Waals surface area contributed by atoms with Crippen molar-refractivity contribution in [2.45, 2.75) is 200 Å². The molecule has 0 radical (unpaired) electrons. The number of aliphatic hydroxyl groups excluding tert-OH is 1. The van der Waals surface area contributed by atoms with Crippen molar-refractivity contribution in [3.05, 3.63) is 0 Å². The first kappa shape index (κ1) is 35.9. The van der Waals surface area contributed by atoms with Crippen molar-refractivity contribution in [1.29, 1.82) is 0 Å². The van der Waals surface area contributed by atoms with E-state index < -0.39 is 0 Å². The first-order valence-electron chi connectivity index (χ1n) is 17.1. The molecule has 36 heavy (non-hydrogen) atoms. The summed E-state index contributed by atoms with van der Waals surface area (Å²) in [5.74, 6) is 0. The molecule has 0 aliphatic carbocycles. The van der Waals surface area contributed by atoms with Gasteiger partial charge in [0.1, 0.15) is 0 Å². The summed E-state index contributed by atoms with van der Waals surface area (Å²) in [4.78, 5) is 0. The smallest absolute Gasteiger partial charge is 0.0466 e.